The summed E-state index contributed by atoms with van der Waals surface area (Å²) in [4.78, 5) is 23.7. The molecule has 0 aliphatic heterocycles. The summed E-state index contributed by atoms with van der Waals surface area (Å²) in [5.74, 6) is 0.490. The Morgan fingerprint density at radius 1 is 1.23 bits per heavy atom. The van der Waals surface area contributed by atoms with Crippen LogP contribution in [-0.4, -0.2) is 52.0 Å². The molecule has 1 unspecified atom stereocenters. The summed E-state index contributed by atoms with van der Waals surface area (Å²) in [6.45, 7) is 1.21. The zero-order valence-corrected chi connectivity index (χ0v) is 14.8. The standard InChI is InChI=1S/C16H22F3N3O4/c1-4-26-12-6-5-11(7-13(12)25-3)8-22(2)9-14(23)21-15(24)20-10-16(17,18)19/h5-7H,4,8-10H2,1-3H3,(H2,20,21,23,24)/p+1. The number of carbonyl (C=O) groups is 2. The van der Waals surface area contributed by atoms with E-state index in [0.29, 0.717) is 24.7 Å². The van der Waals surface area contributed by atoms with Crippen LogP contribution >= 0.6 is 0 Å². The lowest BCUT2D eigenvalue weighted by molar-refractivity contribution is -0.885. The fraction of sp³-hybridized carbons (Fsp3) is 0.500. The molecule has 3 amide bonds. The van der Waals surface area contributed by atoms with Crippen LogP contribution in [0.3, 0.4) is 0 Å². The van der Waals surface area contributed by atoms with Crippen molar-refractivity contribution in [2.24, 2.45) is 0 Å². The summed E-state index contributed by atoms with van der Waals surface area (Å²) in [6.07, 6.45) is -4.53. The number of hydrogen-bond donors (Lipinski definition) is 3. The fourth-order valence-electron chi connectivity index (χ4n) is 2.18. The number of halogens is 3. The molecule has 0 radical (unpaired) electrons. The lowest BCUT2D eigenvalue weighted by Gasteiger charge is -2.15. The maximum absolute atomic E-state index is 12.0. The van der Waals surface area contributed by atoms with Crippen molar-refractivity contribution in [2.45, 2.75) is 19.6 Å². The van der Waals surface area contributed by atoms with Gasteiger partial charge in [-0.25, -0.2) is 4.79 Å². The Labute approximate surface area is 149 Å². The first-order chi connectivity index (χ1) is 12.1. The van der Waals surface area contributed by atoms with E-state index in [4.69, 9.17) is 9.47 Å². The average Bonchev–Trinajstić information content (AvgIpc) is 2.53. The maximum Gasteiger partial charge on any atom is 0.405 e. The maximum atomic E-state index is 12.0. The van der Waals surface area contributed by atoms with Crippen LogP contribution in [-0.2, 0) is 11.3 Å². The SMILES string of the molecule is CCOc1ccc(C[NH+](C)CC(=O)NC(=O)NCC(F)(F)F)cc1OC. The van der Waals surface area contributed by atoms with E-state index in [1.54, 1.807) is 24.5 Å². The number of quaternary nitrogens is 1. The molecule has 0 saturated carbocycles. The molecular weight excluding hydrogens is 355 g/mol. The smallest absolute Gasteiger partial charge is 0.405 e. The molecule has 0 saturated heterocycles. The summed E-state index contributed by atoms with van der Waals surface area (Å²) in [7, 11) is 3.24. The molecule has 0 aromatic heterocycles. The first kappa shape index (κ1) is 21.6. The number of carbonyl (C=O) groups excluding carboxylic acids is 2. The van der Waals surface area contributed by atoms with Crippen molar-refractivity contribution in [3.8, 4) is 11.5 Å². The summed E-state index contributed by atoms with van der Waals surface area (Å²) < 4.78 is 46.7. The number of likely N-dealkylation sites (N-methyl/N-ethyl adjacent to an activating group) is 1. The number of urea groups is 1. The third kappa shape index (κ3) is 8.06. The Hall–Kier alpha value is -2.49. The van der Waals surface area contributed by atoms with Crippen LogP contribution in [0.25, 0.3) is 0 Å². The van der Waals surface area contributed by atoms with Crippen molar-refractivity contribution in [1.29, 1.82) is 0 Å². The zero-order valence-electron chi connectivity index (χ0n) is 14.8. The molecule has 0 aliphatic rings. The second-order valence-corrected chi connectivity index (χ2v) is 5.57. The number of hydrogen-bond acceptors (Lipinski definition) is 4. The van der Waals surface area contributed by atoms with E-state index in [1.165, 1.54) is 7.11 Å². The second-order valence-electron chi connectivity index (χ2n) is 5.57. The molecule has 1 aromatic carbocycles. The zero-order chi connectivity index (χ0) is 19.7. The number of nitrogens with one attached hydrogen (secondary N) is 3. The van der Waals surface area contributed by atoms with Gasteiger partial charge in [-0.2, -0.15) is 13.2 Å². The number of rotatable bonds is 8. The van der Waals surface area contributed by atoms with Gasteiger partial charge < -0.3 is 19.7 Å². The van der Waals surface area contributed by atoms with Crippen molar-refractivity contribution in [2.75, 3.05) is 33.9 Å². The number of imide groups is 1. The second kappa shape index (κ2) is 9.85. The van der Waals surface area contributed by atoms with Crippen molar-refractivity contribution in [1.82, 2.24) is 10.6 Å². The monoisotopic (exact) mass is 378 g/mol. The Morgan fingerprint density at radius 3 is 2.50 bits per heavy atom. The van der Waals surface area contributed by atoms with Crippen LogP contribution in [0.15, 0.2) is 18.2 Å². The molecule has 1 atom stereocenters. The van der Waals surface area contributed by atoms with Gasteiger partial charge in [-0.15, -0.1) is 0 Å². The van der Waals surface area contributed by atoms with Crippen LogP contribution in [0.5, 0.6) is 11.5 Å². The van der Waals surface area contributed by atoms with Crippen LogP contribution in [0, 0.1) is 0 Å². The van der Waals surface area contributed by atoms with Crippen molar-refractivity contribution >= 4 is 11.9 Å². The highest BCUT2D eigenvalue weighted by atomic mass is 19.4. The van der Waals surface area contributed by atoms with Gasteiger partial charge in [-0.3, -0.25) is 10.1 Å². The quantitative estimate of drug-likeness (QED) is 0.615. The molecule has 10 heteroatoms. The topological polar surface area (TPSA) is 81.1 Å². The summed E-state index contributed by atoms with van der Waals surface area (Å²) in [5, 5.41) is 3.44. The number of benzene rings is 1. The van der Waals surface area contributed by atoms with Gasteiger partial charge in [0.15, 0.2) is 18.0 Å². The lowest BCUT2D eigenvalue weighted by Crippen LogP contribution is -3.09. The number of methoxy groups -OCH3 is 1. The van der Waals surface area contributed by atoms with Crippen LogP contribution < -0.4 is 25.0 Å². The predicted octanol–water partition coefficient (Wildman–Crippen LogP) is 0.497. The first-order valence-corrected chi connectivity index (χ1v) is 7.90. The molecule has 0 heterocycles. The Bertz CT molecular complexity index is 623. The van der Waals surface area contributed by atoms with E-state index in [2.05, 4.69) is 0 Å². The van der Waals surface area contributed by atoms with Gasteiger partial charge in [0.2, 0.25) is 0 Å². The lowest BCUT2D eigenvalue weighted by atomic mass is 10.2. The van der Waals surface area contributed by atoms with Gasteiger partial charge in [0.1, 0.15) is 13.1 Å². The molecule has 0 spiro atoms. The fourth-order valence-corrected chi connectivity index (χ4v) is 2.18. The Morgan fingerprint density at radius 2 is 1.92 bits per heavy atom. The molecule has 7 nitrogen and oxygen atoms in total. The van der Waals surface area contributed by atoms with Gasteiger partial charge in [-0.05, 0) is 25.1 Å². The molecule has 146 valence electrons. The number of alkyl halides is 3. The summed E-state index contributed by atoms with van der Waals surface area (Å²) >= 11 is 0. The van der Waals surface area contributed by atoms with E-state index < -0.39 is 24.7 Å². The predicted molar refractivity (Wildman–Crippen MR) is 87.2 cm³/mol. The van der Waals surface area contributed by atoms with E-state index >= 15 is 0 Å². The largest absolute Gasteiger partial charge is 0.493 e. The third-order valence-electron chi connectivity index (χ3n) is 3.20. The minimum atomic E-state index is -4.53. The molecule has 0 aliphatic carbocycles. The number of amides is 3. The van der Waals surface area contributed by atoms with Crippen molar-refractivity contribution in [3.05, 3.63) is 23.8 Å². The van der Waals surface area contributed by atoms with Crippen molar-refractivity contribution in [3.63, 3.8) is 0 Å². The van der Waals surface area contributed by atoms with Gasteiger partial charge in [-0.1, -0.05) is 0 Å². The molecular formula is C16H23F3N3O4+. The van der Waals surface area contributed by atoms with Crippen LogP contribution in [0.4, 0.5) is 18.0 Å². The Kier molecular flexibility index (Phi) is 8.17. The van der Waals surface area contributed by atoms with Gasteiger partial charge in [0, 0.05) is 5.56 Å². The first-order valence-electron chi connectivity index (χ1n) is 7.90. The highest BCUT2D eigenvalue weighted by Crippen LogP contribution is 2.27. The summed E-state index contributed by atoms with van der Waals surface area (Å²) in [5.41, 5.74) is 0.872. The number of ether oxygens (including phenoxy) is 2. The van der Waals surface area contributed by atoms with E-state index in [0.717, 1.165) is 10.5 Å². The third-order valence-corrected chi connectivity index (χ3v) is 3.20. The molecule has 1 rings (SSSR count). The Balaban J connectivity index is 2.51. The minimum absolute atomic E-state index is 0.0883. The van der Waals surface area contributed by atoms with Crippen LogP contribution in [0.1, 0.15) is 12.5 Å². The normalized spacial score (nSPS) is 12.2. The molecule has 3 N–H and O–H groups in total. The summed E-state index contributed by atoms with van der Waals surface area (Å²) in [6, 6.07) is 4.19. The van der Waals surface area contributed by atoms with Crippen LogP contribution in [0.2, 0.25) is 0 Å². The molecule has 1 aromatic rings. The van der Waals surface area contributed by atoms with Crippen molar-refractivity contribution < 1.29 is 37.1 Å². The highest BCUT2D eigenvalue weighted by molar-refractivity contribution is 5.94. The average molecular weight is 378 g/mol. The molecule has 0 bridgehead atoms. The molecule has 26 heavy (non-hydrogen) atoms. The van der Waals surface area contributed by atoms with Gasteiger partial charge in [0.25, 0.3) is 5.91 Å². The molecule has 0 fully saturated rings. The van der Waals surface area contributed by atoms with E-state index in [-0.39, 0.29) is 6.54 Å². The highest BCUT2D eigenvalue weighted by Gasteiger charge is 2.28. The van der Waals surface area contributed by atoms with E-state index in [1.807, 2.05) is 18.3 Å². The minimum Gasteiger partial charge on any atom is -0.493 e. The van der Waals surface area contributed by atoms with E-state index in [9.17, 15) is 22.8 Å². The van der Waals surface area contributed by atoms with Gasteiger partial charge >= 0.3 is 12.2 Å². The van der Waals surface area contributed by atoms with Gasteiger partial charge in [0.05, 0.1) is 20.8 Å².